The van der Waals surface area contributed by atoms with Crippen LogP contribution in [0, 0.1) is 0 Å². The Hall–Kier alpha value is -2.56. The van der Waals surface area contributed by atoms with Crippen molar-refractivity contribution in [3.05, 3.63) is 29.8 Å². The second-order valence-electron chi connectivity index (χ2n) is 5.29. The highest BCUT2D eigenvalue weighted by atomic mass is 32.2. The van der Waals surface area contributed by atoms with Gasteiger partial charge in [0.25, 0.3) is 11.8 Å². The fourth-order valence-electron chi connectivity index (χ4n) is 1.81. The lowest BCUT2D eigenvalue weighted by atomic mass is 10.2. The maximum absolute atomic E-state index is 12.8. The van der Waals surface area contributed by atoms with Crippen LogP contribution in [0.25, 0.3) is 0 Å². The predicted octanol–water partition coefficient (Wildman–Crippen LogP) is 1.25. The Morgan fingerprint density at radius 2 is 2.00 bits per heavy atom. The van der Waals surface area contributed by atoms with Crippen LogP contribution in [0.1, 0.15) is 16.8 Å². The lowest BCUT2D eigenvalue weighted by Crippen LogP contribution is -2.13. The van der Waals surface area contributed by atoms with Gasteiger partial charge < -0.3 is 4.74 Å². The van der Waals surface area contributed by atoms with E-state index >= 15 is 0 Å². The summed E-state index contributed by atoms with van der Waals surface area (Å²) < 4.78 is 53.1. The van der Waals surface area contributed by atoms with Crippen molar-refractivity contribution >= 4 is 21.7 Å². The zero-order valence-electron chi connectivity index (χ0n) is 12.3. The summed E-state index contributed by atoms with van der Waals surface area (Å²) in [5, 5.41) is 7.72. The minimum atomic E-state index is -3.56. The van der Waals surface area contributed by atoms with Gasteiger partial charge in [-0.15, -0.1) is 5.10 Å². The van der Waals surface area contributed by atoms with Gasteiger partial charge >= 0.3 is 0 Å². The number of sulfone groups is 1. The zero-order chi connectivity index (χ0) is 17.5. The van der Waals surface area contributed by atoms with Gasteiger partial charge in [-0.05, 0) is 24.3 Å². The van der Waals surface area contributed by atoms with Gasteiger partial charge in [0.2, 0.25) is 20.9 Å². The zero-order valence-corrected chi connectivity index (χ0v) is 13.1. The third-order valence-electron chi connectivity index (χ3n) is 3.20. The molecular weight excluding hydrogens is 346 g/mol. The molecule has 0 aliphatic heterocycles. The molecule has 0 saturated heterocycles. The van der Waals surface area contributed by atoms with Crippen molar-refractivity contribution in [2.45, 2.75) is 23.6 Å². The number of rotatable bonds is 5. The second kappa shape index (κ2) is 5.51. The van der Waals surface area contributed by atoms with Crippen LogP contribution in [0.3, 0.4) is 0 Å². The van der Waals surface area contributed by atoms with E-state index in [1.807, 2.05) is 0 Å². The molecule has 1 heterocycles. The number of ether oxygens (including phenoxy) is 1. The number of carbonyl (C=O) groups excluding carboxylic acids is 1. The number of halogens is 2. The number of amides is 1. The minimum absolute atomic E-state index is 0.196. The molecule has 0 bridgehead atoms. The van der Waals surface area contributed by atoms with Gasteiger partial charge in [0, 0.05) is 11.8 Å². The van der Waals surface area contributed by atoms with Gasteiger partial charge in [-0.2, -0.15) is 4.98 Å². The Bertz CT molecular complexity index is 880. The van der Waals surface area contributed by atoms with Crippen LogP contribution < -0.4 is 10.1 Å². The summed E-state index contributed by atoms with van der Waals surface area (Å²) >= 11 is 0. The monoisotopic (exact) mass is 358 g/mol. The molecule has 1 aliphatic carbocycles. The van der Waals surface area contributed by atoms with E-state index < -0.39 is 27.8 Å². The summed E-state index contributed by atoms with van der Waals surface area (Å²) in [7, 11) is -3.56. The molecule has 2 N–H and O–H groups in total. The molecule has 3 rings (SSSR count). The molecule has 24 heavy (non-hydrogen) atoms. The molecular formula is C13H12F2N4O4S. The first kappa shape index (κ1) is 16.3. The van der Waals surface area contributed by atoms with E-state index in [1.54, 1.807) is 0 Å². The number of hydrogen-bond acceptors (Lipinski definition) is 6. The molecule has 8 nitrogen and oxygen atoms in total. The number of alkyl halides is 2. The molecule has 0 spiro atoms. The van der Waals surface area contributed by atoms with Crippen molar-refractivity contribution < 1.29 is 26.7 Å². The van der Waals surface area contributed by atoms with Crippen molar-refractivity contribution in [3.63, 3.8) is 0 Å². The number of H-pyrrole nitrogens is 1. The molecule has 11 heteroatoms. The first-order valence-electron chi connectivity index (χ1n) is 6.73. The highest BCUT2D eigenvalue weighted by Gasteiger charge is 2.59. The fourth-order valence-corrected chi connectivity index (χ4v) is 2.27. The van der Waals surface area contributed by atoms with E-state index in [1.165, 1.54) is 24.3 Å². The minimum Gasteiger partial charge on any atom is -0.484 e. The fraction of sp³-hybridized carbons (Fsp3) is 0.308. The van der Waals surface area contributed by atoms with Gasteiger partial charge in [0.05, 0.1) is 6.42 Å². The molecule has 1 unspecified atom stereocenters. The predicted molar refractivity (Wildman–Crippen MR) is 77.9 cm³/mol. The summed E-state index contributed by atoms with van der Waals surface area (Å²) in [6, 6.07) is 5.55. The summed E-state index contributed by atoms with van der Waals surface area (Å²) in [5.74, 6) is -3.35. The van der Waals surface area contributed by atoms with E-state index in [4.69, 9.17) is 4.74 Å². The van der Waals surface area contributed by atoms with E-state index in [-0.39, 0.29) is 28.8 Å². The van der Waals surface area contributed by atoms with Crippen molar-refractivity contribution in [1.29, 1.82) is 0 Å². The first-order valence-corrected chi connectivity index (χ1v) is 8.63. The molecule has 1 aromatic heterocycles. The maximum Gasteiger partial charge on any atom is 0.288 e. The number of hydrogen-bond donors (Lipinski definition) is 2. The smallest absolute Gasteiger partial charge is 0.288 e. The Balaban J connectivity index is 1.64. The molecule has 1 aromatic carbocycles. The van der Waals surface area contributed by atoms with E-state index in [2.05, 4.69) is 20.5 Å². The maximum atomic E-state index is 12.8. The summed E-state index contributed by atoms with van der Waals surface area (Å²) in [5.41, 5.74) is 0.204. The van der Waals surface area contributed by atoms with Crippen molar-refractivity contribution in [1.82, 2.24) is 15.2 Å². The molecule has 1 fully saturated rings. The summed E-state index contributed by atoms with van der Waals surface area (Å²) in [6.45, 7) is 0. The van der Waals surface area contributed by atoms with E-state index in [0.717, 1.165) is 6.26 Å². The Kier molecular flexibility index (Phi) is 3.74. The number of aromatic nitrogens is 3. The van der Waals surface area contributed by atoms with Gasteiger partial charge in [0.15, 0.2) is 6.10 Å². The van der Waals surface area contributed by atoms with E-state index in [9.17, 15) is 22.0 Å². The van der Waals surface area contributed by atoms with Crippen LogP contribution in [-0.4, -0.2) is 47.8 Å². The highest BCUT2D eigenvalue weighted by molar-refractivity contribution is 7.90. The van der Waals surface area contributed by atoms with Crippen LogP contribution in [0.5, 0.6) is 5.75 Å². The van der Waals surface area contributed by atoms with Crippen LogP contribution >= 0.6 is 0 Å². The van der Waals surface area contributed by atoms with Crippen LogP contribution in [-0.2, 0) is 9.84 Å². The Morgan fingerprint density at radius 1 is 1.38 bits per heavy atom. The van der Waals surface area contributed by atoms with Crippen LogP contribution in [0.2, 0.25) is 0 Å². The third kappa shape index (κ3) is 3.50. The standard InChI is InChI=1S/C13H12F2N4O4S/c1-24(21,22)12-17-11(18-19-12)16-10(20)7-2-4-8(5-3-7)23-9-6-13(9,14)15/h2-5,9H,6H2,1H3,(H2,16,17,18,19,20). The van der Waals surface area contributed by atoms with Crippen LogP contribution in [0.15, 0.2) is 29.4 Å². The summed E-state index contributed by atoms with van der Waals surface area (Å²) in [4.78, 5) is 15.6. The summed E-state index contributed by atoms with van der Waals surface area (Å²) in [6.07, 6.45) is -0.496. The van der Waals surface area contributed by atoms with Gasteiger partial charge in [-0.1, -0.05) is 0 Å². The molecule has 1 amide bonds. The van der Waals surface area contributed by atoms with Crippen molar-refractivity contribution in [2.24, 2.45) is 0 Å². The largest absolute Gasteiger partial charge is 0.484 e. The third-order valence-corrected chi connectivity index (χ3v) is 4.09. The van der Waals surface area contributed by atoms with Gasteiger partial charge in [0.1, 0.15) is 5.75 Å². The first-order chi connectivity index (χ1) is 11.1. The highest BCUT2D eigenvalue weighted by Crippen LogP contribution is 2.44. The lowest BCUT2D eigenvalue weighted by molar-refractivity contribution is 0.0665. The van der Waals surface area contributed by atoms with Gasteiger partial charge in [-0.3, -0.25) is 10.1 Å². The number of aromatic amines is 1. The number of nitrogens with zero attached hydrogens (tertiary/aromatic N) is 2. The molecule has 1 saturated carbocycles. The number of benzene rings is 1. The van der Waals surface area contributed by atoms with Crippen molar-refractivity contribution in [2.75, 3.05) is 11.6 Å². The number of nitrogens with one attached hydrogen (secondary N) is 2. The lowest BCUT2D eigenvalue weighted by Gasteiger charge is -2.06. The average Bonchev–Trinajstić information content (AvgIpc) is 2.87. The molecule has 128 valence electrons. The molecule has 1 atom stereocenters. The average molecular weight is 358 g/mol. The number of anilines is 1. The number of carbonyl (C=O) groups is 1. The Labute approximate surface area is 135 Å². The second-order valence-corrected chi connectivity index (χ2v) is 7.22. The quantitative estimate of drug-likeness (QED) is 0.831. The Morgan fingerprint density at radius 3 is 2.50 bits per heavy atom. The van der Waals surface area contributed by atoms with Crippen molar-refractivity contribution in [3.8, 4) is 5.75 Å². The topological polar surface area (TPSA) is 114 Å². The molecule has 1 aliphatic rings. The van der Waals surface area contributed by atoms with Crippen LogP contribution in [0.4, 0.5) is 14.7 Å². The van der Waals surface area contributed by atoms with Gasteiger partial charge in [-0.25, -0.2) is 22.3 Å². The SMILES string of the molecule is CS(=O)(=O)c1nc(NC(=O)c2ccc(OC3CC3(F)F)cc2)n[nH]1. The molecule has 2 aromatic rings. The van der Waals surface area contributed by atoms with E-state index in [0.29, 0.717) is 0 Å². The normalized spacial score (nSPS) is 18.9. The molecule has 0 radical (unpaired) electrons.